The van der Waals surface area contributed by atoms with Gasteiger partial charge in [0, 0.05) is 24.2 Å². The normalized spacial score (nSPS) is 20.6. The van der Waals surface area contributed by atoms with Crippen LogP contribution in [-0.2, 0) is 16.1 Å². The molecule has 1 amide bonds. The van der Waals surface area contributed by atoms with Crippen molar-refractivity contribution in [3.8, 4) is 22.6 Å². The maximum atomic E-state index is 12.7. The summed E-state index contributed by atoms with van der Waals surface area (Å²) in [6.45, 7) is 6.22. The molecular weight excluding hydrogens is 380 g/mol. The number of carbonyl (C=O) groups is 1. The minimum Gasteiger partial charge on any atom is -0.493 e. The highest BCUT2D eigenvalue weighted by Crippen LogP contribution is 2.34. The summed E-state index contributed by atoms with van der Waals surface area (Å²) in [5, 5.41) is 3.01. The van der Waals surface area contributed by atoms with Gasteiger partial charge in [-0.25, -0.2) is 0 Å². The topological polar surface area (TPSA) is 60.0 Å². The number of para-hydroxylation sites is 1. The molecule has 0 radical (unpaired) electrons. The van der Waals surface area contributed by atoms with E-state index in [0.29, 0.717) is 39.5 Å². The first kappa shape index (κ1) is 20.7. The van der Waals surface area contributed by atoms with E-state index in [1.807, 2.05) is 31.2 Å². The van der Waals surface area contributed by atoms with Crippen molar-refractivity contribution >= 4 is 5.91 Å². The summed E-state index contributed by atoms with van der Waals surface area (Å²) >= 11 is 0. The SMILES string of the molecule is CCOc1ccccc1-c1ccc2c(c1)CN1CCC[C@H]1C(=O)NCCOCCO2. The molecule has 1 fully saturated rings. The molecule has 6 nitrogen and oxygen atoms in total. The van der Waals surface area contributed by atoms with Crippen LogP contribution in [0.15, 0.2) is 42.5 Å². The van der Waals surface area contributed by atoms with E-state index < -0.39 is 0 Å². The van der Waals surface area contributed by atoms with Crippen molar-refractivity contribution in [2.45, 2.75) is 32.4 Å². The number of carbonyl (C=O) groups excluding carboxylic acids is 1. The molecule has 2 heterocycles. The van der Waals surface area contributed by atoms with Gasteiger partial charge in [-0.2, -0.15) is 0 Å². The number of rotatable bonds is 3. The van der Waals surface area contributed by atoms with Gasteiger partial charge in [0.25, 0.3) is 0 Å². The number of hydrogen-bond donors (Lipinski definition) is 1. The first-order chi connectivity index (χ1) is 14.8. The number of nitrogens with one attached hydrogen (secondary N) is 1. The van der Waals surface area contributed by atoms with Crippen molar-refractivity contribution < 1.29 is 19.0 Å². The van der Waals surface area contributed by atoms with Crippen LogP contribution >= 0.6 is 0 Å². The molecule has 2 aromatic carbocycles. The maximum Gasteiger partial charge on any atom is 0.237 e. The third kappa shape index (κ3) is 4.77. The van der Waals surface area contributed by atoms with E-state index in [2.05, 4.69) is 28.4 Å². The van der Waals surface area contributed by atoms with Crippen molar-refractivity contribution in [1.82, 2.24) is 10.2 Å². The summed E-state index contributed by atoms with van der Waals surface area (Å²) in [4.78, 5) is 14.9. The molecule has 4 rings (SSSR count). The molecule has 1 saturated heterocycles. The number of benzene rings is 2. The predicted molar refractivity (Wildman–Crippen MR) is 116 cm³/mol. The van der Waals surface area contributed by atoms with Crippen LogP contribution < -0.4 is 14.8 Å². The molecule has 0 aliphatic carbocycles. The highest BCUT2D eigenvalue weighted by molar-refractivity contribution is 5.82. The third-order valence-electron chi connectivity index (χ3n) is 5.63. The number of fused-ring (bicyclic) bond motifs is 2. The fraction of sp³-hybridized carbons (Fsp3) is 0.458. The molecule has 1 N–H and O–H groups in total. The monoisotopic (exact) mass is 410 g/mol. The Morgan fingerprint density at radius 3 is 2.97 bits per heavy atom. The van der Waals surface area contributed by atoms with E-state index in [4.69, 9.17) is 14.2 Å². The number of amides is 1. The molecule has 0 aromatic heterocycles. The van der Waals surface area contributed by atoms with Gasteiger partial charge in [-0.05, 0) is 50.1 Å². The largest absolute Gasteiger partial charge is 0.493 e. The van der Waals surface area contributed by atoms with Crippen LogP contribution in [0.2, 0.25) is 0 Å². The molecule has 6 heteroatoms. The lowest BCUT2D eigenvalue weighted by molar-refractivity contribution is -0.125. The summed E-state index contributed by atoms with van der Waals surface area (Å²) in [7, 11) is 0. The van der Waals surface area contributed by atoms with Gasteiger partial charge < -0.3 is 19.5 Å². The lowest BCUT2D eigenvalue weighted by atomic mass is 10.0. The summed E-state index contributed by atoms with van der Waals surface area (Å²) in [6, 6.07) is 14.3. The van der Waals surface area contributed by atoms with Gasteiger partial charge in [-0.15, -0.1) is 0 Å². The number of nitrogens with zero attached hydrogens (tertiary/aromatic N) is 1. The first-order valence-electron chi connectivity index (χ1n) is 10.8. The molecule has 1 atom stereocenters. The fourth-order valence-electron chi connectivity index (χ4n) is 4.21. The Kier molecular flexibility index (Phi) is 6.87. The third-order valence-corrected chi connectivity index (χ3v) is 5.63. The molecule has 2 aliphatic heterocycles. The lowest BCUT2D eigenvalue weighted by Crippen LogP contribution is -2.43. The van der Waals surface area contributed by atoms with Crippen LogP contribution in [0.25, 0.3) is 11.1 Å². The molecule has 0 unspecified atom stereocenters. The van der Waals surface area contributed by atoms with Gasteiger partial charge in [0.15, 0.2) is 0 Å². The van der Waals surface area contributed by atoms with E-state index >= 15 is 0 Å². The second-order valence-corrected chi connectivity index (χ2v) is 7.63. The Labute approximate surface area is 178 Å². The van der Waals surface area contributed by atoms with E-state index in [-0.39, 0.29) is 11.9 Å². The molecule has 160 valence electrons. The summed E-state index contributed by atoms with van der Waals surface area (Å²) < 4.78 is 17.5. The Morgan fingerprint density at radius 2 is 2.07 bits per heavy atom. The Balaban J connectivity index is 1.67. The standard InChI is InChI=1S/C24H30N2O4/c1-2-29-23-8-4-3-6-20(23)18-9-10-22-19(16-18)17-26-12-5-7-21(26)24(27)25-11-13-28-14-15-30-22/h3-4,6,8-10,16,21H,2,5,7,11-15,17H2,1H3,(H,25,27)/t21-/m0/s1. The Morgan fingerprint density at radius 1 is 1.17 bits per heavy atom. The maximum absolute atomic E-state index is 12.7. The van der Waals surface area contributed by atoms with Gasteiger partial charge in [-0.3, -0.25) is 9.69 Å². The average Bonchev–Trinajstić information content (AvgIpc) is 3.22. The van der Waals surface area contributed by atoms with Crippen LogP contribution in [0.5, 0.6) is 11.5 Å². The molecule has 2 aromatic rings. The highest BCUT2D eigenvalue weighted by Gasteiger charge is 2.31. The van der Waals surface area contributed by atoms with Gasteiger partial charge in [0.1, 0.15) is 18.1 Å². The van der Waals surface area contributed by atoms with Crippen LogP contribution in [0, 0.1) is 0 Å². The van der Waals surface area contributed by atoms with Gasteiger partial charge >= 0.3 is 0 Å². The van der Waals surface area contributed by atoms with E-state index in [1.165, 1.54) is 0 Å². The number of ether oxygens (including phenoxy) is 3. The fourth-order valence-corrected chi connectivity index (χ4v) is 4.21. The second-order valence-electron chi connectivity index (χ2n) is 7.63. The smallest absolute Gasteiger partial charge is 0.237 e. The number of hydrogen-bond acceptors (Lipinski definition) is 5. The lowest BCUT2D eigenvalue weighted by Gasteiger charge is -2.25. The zero-order chi connectivity index (χ0) is 20.8. The van der Waals surface area contributed by atoms with Crippen LogP contribution in [-0.4, -0.2) is 56.4 Å². The molecular formula is C24H30N2O4. The predicted octanol–water partition coefficient (Wildman–Crippen LogP) is 3.24. The van der Waals surface area contributed by atoms with Gasteiger partial charge in [0.05, 0.1) is 25.9 Å². The van der Waals surface area contributed by atoms with Crippen molar-refractivity contribution in [2.75, 3.05) is 39.5 Å². The molecule has 0 bridgehead atoms. The van der Waals surface area contributed by atoms with Gasteiger partial charge in [0.2, 0.25) is 5.91 Å². The summed E-state index contributed by atoms with van der Waals surface area (Å²) in [6.07, 6.45) is 1.91. The van der Waals surface area contributed by atoms with Crippen LogP contribution in [0.1, 0.15) is 25.3 Å². The van der Waals surface area contributed by atoms with Crippen LogP contribution in [0.3, 0.4) is 0 Å². The van der Waals surface area contributed by atoms with Crippen molar-refractivity contribution in [1.29, 1.82) is 0 Å². The van der Waals surface area contributed by atoms with Crippen molar-refractivity contribution in [3.05, 3.63) is 48.0 Å². The quantitative estimate of drug-likeness (QED) is 0.842. The van der Waals surface area contributed by atoms with E-state index in [9.17, 15) is 4.79 Å². The van der Waals surface area contributed by atoms with E-state index in [0.717, 1.165) is 47.6 Å². The zero-order valence-electron chi connectivity index (χ0n) is 17.6. The second kappa shape index (κ2) is 9.96. The Bertz CT molecular complexity index is 870. The minimum absolute atomic E-state index is 0.0932. The van der Waals surface area contributed by atoms with Gasteiger partial charge in [-0.1, -0.05) is 24.3 Å². The minimum atomic E-state index is -0.0991. The molecule has 0 spiro atoms. The molecule has 30 heavy (non-hydrogen) atoms. The van der Waals surface area contributed by atoms with Crippen molar-refractivity contribution in [2.24, 2.45) is 0 Å². The zero-order valence-corrected chi connectivity index (χ0v) is 17.6. The van der Waals surface area contributed by atoms with E-state index in [1.54, 1.807) is 0 Å². The first-order valence-corrected chi connectivity index (χ1v) is 10.8. The molecule has 0 saturated carbocycles. The highest BCUT2D eigenvalue weighted by atomic mass is 16.5. The average molecular weight is 411 g/mol. The summed E-state index contributed by atoms with van der Waals surface area (Å²) in [5.41, 5.74) is 3.23. The Hall–Kier alpha value is -2.57. The van der Waals surface area contributed by atoms with Crippen molar-refractivity contribution in [3.63, 3.8) is 0 Å². The molecule has 2 aliphatic rings. The summed E-state index contributed by atoms with van der Waals surface area (Å²) in [5.74, 6) is 1.81. The van der Waals surface area contributed by atoms with Crippen LogP contribution in [0.4, 0.5) is 0 Å².